The van der Waals surface area contributed by atoms with E-state index in [-0.39, 0.29) is 30.5 Å². The number of carbonyl (C=O) groups is 2. The number of methoxy groups -OCH3 is 1. The van der Waals surface area contributed by atoms with Gasteiger partial charge in [0.15, 0.2) is 0 Å². The molecule has 0 radical (unpaired) electrons. The second kappa shape index (κ2) is 8.40. The Morgan fingerprint density at radius 2 is 1.96 bits per heavy atom. The average Bonchev–Trinajstić information content (AvgIpc) is 3.13. The smallest absolute Gasteiger partial charge is 0.254 e. The van der Waals surface area contributed by atoms with Crippen molar-refractivity contribution in [2.45, 2.75) is 31.3 Å². The Morgan fingerprint density at radius 1 is 1.24 bits per heavy atom. The average molecular weight is 347 g/mol. The standard InChI is InChI=1S/C18H25N3O4/c1-24-13-17(22)21(15-5-10-25-11-6-15)16-4-9-20(12-16)18(23)14-2-7-19-8-3-14/h2-3,7-8,15-16H,4-6,9-13H2,1H3. The molecule has 1 unspecified atom stereocenters. The lowest BCUT2D eigenvalue weighted by atomic mass is 10.0. The Kier molecular flexibility index (Phi) is 5.99. The van der Waals surface area contributed by atoms with E-state index in [1.54, 1.807) is 24.5 Å². The summed E-state index contributed by atoms with van der Waals surface area (Å²) in [6.07, 6.45) is 5.71. The second-order valence-corrected chi connectivity index (χ2v) is 6.51. The Balaban J connectivity index is 1.69. The third kappa shape index (κ3) is 4.16. The Hall–Kier alpha value is -1.99. The molecule has 0 spiro atoms. The van der Waals surface area contributed by atoms with Gasteiger partial charge in [-0.25, -0.2) is 0 Å². The topological polar surface area (TPSA) is 72.0 Å². The molecule has 2 aliphatic rings. The molecule has 1 aromatic heterocycles. The molecule has 3 rings (SSSR count). The molecule has 0 aromatic carbocycles. The van der Waals surface area contributed by atoms with Crippen molar-refractivity contribution in [3.63, 3.8) is 0 Å². The van der Waals surface area contributed by atoms with Gasteiger partial charge in [0.25, 0.3) is 5.91 Å². The largest absolute Gasteiger partial charge is 0.381 e. The number of pyridine rings is 1. The fourth-order valence-electron chi connectivity index (χ4n) is 3.70. The third-order valence-corrected chi connectivity index (χ3v) is 4.91. The number of nitrogens with zero attached hydrogens (tertiary/aromatic N) is 3. The molecule has 2 fully saturated rings. The van der Waals surface area contributed by atoms with Gasteiger partial charge in [-0.2, -0.15) is 0 Å². The van der Waals surface area contributed by atoms with Crippen molar-refractivity contribution in [2.24, 2.45) is 0 Å². The van der Waals surface area contributed by atoms with E-state index in [1.807, 2.05) is 9.80 Å². The zero-order valence-corrected chi connectivity index (χ0v) is 14.6. The van der Waals surface area contributed by atoms with E-state index in [0.29, 0.717) is 31.9 Å². The van der Waals surface area contributed by atoms with Crippen LogP contribution >= 0.6 is 0 Å². The summed E-state index contributed by atoms with van der Waals surface area (Å²) in [5.74, 6) is -0.00590. The van der Waals surface area contributed by atoms with Crippen molar-refractivity contribution in [1.82, 2.24) is 14.8 Å². The summed E-state index contributed by atoms with van der Waals surface area (Å²) in [5.41, 5.74) is 0.636. The summed E-state index contributed by atoms with van der Waals surface area (Å²) < 4.78 is 10.5. The normalized spacial score (nSPS) is 21.3. The molecule has 0 N–H and O–H groups in total. The van der Waals surface area contributed by atoms with E-state index < -0.39 is 0 Å². The maximum absolute atomic E-state index is 12.6. The number of aromatic nitrogens is 1. The zero-order valence-electron chi connectivity index (χ0n) is 14.6. The fourth-order valence-corrected chi connectivity index (χ4v) is 3.70. The highest BCUT2D eigenvalue weighted by Crippen LogP contribution is 2.24. The van der Waals surface area contributed by atoms with Crippen LogP contribution < -0.4 is 0 Å². The van der Waals surface area contributed by atoms with Gasteiger partial charge < -0.3 is 19.3 Å². The van der Waals surface area contributed by atoms with Crippen LogP contribution in [0.3, 0.4) is 0 Å². The lowest BCUT2D eigenvalue weighted by Gasteiger charge is -2.38. The molecule has 1 atom stereocenters. The summed E-state index contributed by atoms with van der Waals surface area (Å²) in [7, 11) is 1.54. The Morgan fingerprint density at radius 3 is 2.64 bits per heavy atom. The van der Waals surface area contributed by atoms with Crippen molar-refractivity contribution >= 4 is 11.8 Å². The van der Waals surface area contributed by atoms with Crippen LogP contribution in [0.5, 0.6) is 0 Å². The van der Waals surface area contributed by atoms with Gasteiger partial charge >= 0.3 is 0 Å². The van der Waals surface area contributed by atoms with E-state index in [0.717, 1.165) is 19.3 Å². The highest BCUT2D eigenvalue weighted by atomic mass is 16.5. The maximum Gasteiger partial charge on any atom is 0.254 e. The Labute approximate surface area is 147 Å². The van der Waals surface area contributed by atoms with E-state index in [1.165, 1.54) is 7.11 Å². The molecular weight excluding hydrogens is 322 g/mol. The second-order valence-electron chi connectivity index (χ2n) is 6.51. The number of likely N-dealkylation sites (tertiary alicyclic amines) is 1. The molecule has 0 aliphatic carbocycles. The molecule has 7 nitrogen and oxygen atoms in total. The zero-order chi connectivity index (χ0) is 17.6. The molecule has 25 heavy (non-hydrogen) atoms. The van der Waals surface area contributed by atoms with Crippen molar-refractivity contribution < 1.29 is 19.1 Å². The van der Waals surface area contributed by atoms with Gasteiger partial charge in [0.1, 0.15) is 6.61 Å². The van der Waals surface area contributed by atoms with Crippen molar-refractivity contribution in [2.75, 3.05) is 40.0 Å². The summed E-state index contributed by atoms with van der Waals surface area (Å²) >= 11 is 0. The van der Waals surface area contributed by atoms with Gasteiger partial charge in [-0.15, -0.1) is 0 Å². The van der Waals surface area contributed by atoms with Crippen LogP contribution in [-0.2, 0) is 14.3 Å². The minimum absolute atomic E-state index is 0.00221. The highest BCUT2D eigenvalue weighted by molar-refractivity contribution is 5.94. The van der Waals surface area contributed by atoms with E-state index in [4.69, 9.17) is 9.47 Å². The Bertz CT molecular complexity index is 589. The lowest BCUT2D eigenvalue weighted by Crippen LogP contribution is -2.51. The summed E-state index contributed by atoms with van der Waals surface area (Å²) in [6.45, 7) is 2.65. The first-order chi connectivity index (χ1) is 12.2. The monoisotopic (exact) mass is 347 g/mol. The van der Waals surface area contributed by atoms with Crippen LogP contribution in [0.1, 0.15) is 29.6 Å². The predicted octanol–water partition coefficient (Wildman–Crippen LogP) is 0.950. The first-order valence-electron chi connectivity index (χ1n) is 8.78. The van der Waals surface area contributed by atoms with Gasteiger partial charge in [0.2, 0.25) is 5.91 Å². The van der Waals surface area contributed by atoms with Crippen LogP contribution in [0, 0.1) is 0 Å². The molecule has 1 aromatic rings. The van der Waals surface area contributed by atoms with Gasteiger partial charge in [-0.3, -0.25) is 14.6 Å². The molecule has 2 amide bonds. The fraction of sp³-hybridized carbons (Fsp3) is 0.611. The minimum atomic E-state index is -0.00369. The third-order valence-electron chi connectivity index (χ3n) is 4.91. The van der Waals surface area contributed by atoms with Crippen LogP contribution in [0.15, 0.2) is 24.5 Å². The molecule has 0 bridgehead atoms. The highest BCUT2D eigenvalue weighted by Gasteiger charge is 2.37. The number of rotatable bonds is 5. The van der Waals surface area contributed by atoms with Gasteiger partial charge in [0, 0.05) is 57.4 Å². The van der Waals surface area contributed by atoms with Crippen LogP contribution in [0.4, 0.5) is 0 Å². The van der Waals surface area contributed by atoms with Crippen LogP contribution in [0.2, 0.25) is 0 Å². The minimum Gasteiger partial charge on any atom is -0.381 e. The molecular formula is C18H25N3O4. The molecule has 0 saturated carbocycles. The van der Waals surface area contributed by atoms with E-state index >= 15 is 0 Å². The predicted molar refractivity (Wildman–Crippen MR) is 91.1 cm³/mol. The van der Waals surface area contributed by atoms with E-state index in [2.05, 4.69) is 4.98 Å². The van der Waals surface area contributed by atoms with Crippen LogP contribution in [-0.4, -0.2) is 78.7 Å². The SMILES string of the molecule is COCC(=O)N(C1CCOCC1)C1CCN(C(=O)c2ccncc2)C1. The van der Waals surface area contributed by atoms with Gasteiger partial charge in [0.05, 0.1) is 6.04 Å². The molecule has 7 heteroatoms. The molecule has 3 heterocycles. The number of hydrogen-bond acceptors (Lipinski definition) is 5. The summed E-state index contributed by atoms with van der Waals surface area (Å²) in [5, 5.41) is 0. The van der Waals surface area contributed by atoms with Gasteiger partial charge in [-0.1, -0.05) is 0 Å². The summed E-state index contributed by atoms with van der Waals surface area (Å²) in [6, 6.07) is 3.65. The molecule has 2 aliphatic heterocycles. The first-order valence-corrected chi connectivity index (χ1v) is 8.78. The lowest BCUT2D eigenvalue weighted by molar-refractivity contribution is -0.142. The van der Waals surface area contributed by atoms with Crippen molar-refractivity contribution in [1.29, 1.82) is 0 Å². The maximum atomic E-state index is 12.6. The van der Waals surface area contributed by atoms with Crippen molar-refractivity contribution in [3.8, 4) is 0 Å². The first kappa shape index (κ1) is 17.8. The molecule has 2 saturated heterocycles. The molecule has 136 valence electrons. The van der Waals surface area contributed by atoms with E-state index in [9.17, 15) is 9.59 Å². The summed E-state index contributed by atoms with van der Waals surface area (Å²) in [4.78, 5) is 33.0. The van der Waals surface area contributed by atoms with Gasteiger partial charge in [-0.05, 0) is 31.4 Å². The number of hydrogen-bond donors (Lipinski definition) is 0. The van der Waals surface area contributed by atoms with Crippen LogP contribution in [0.25, 0.3) is 0 Å². The number of ether oxygens (including phenoxy) is 2. The number of carbonyl (C=O) groups excluding carboxylic acids is 2. The quantitative estimate of drug-likeness (QED) is 0.793. The van der Waals surface area contributed by atoms with Crippen molar-refractivity contribution in [3.05, 3.63) is 30.1 Å². The number of amides is 2.